The molecule has 0 unspecified atom stereocenters. The molecule has 0 saturated carbocycles. The van der Waals surface area contributed by atoms with Crippen LogP contribution in [0.3, 0.4) is 0 Å². The maximum Gasteiger partial charge on any atom is 0.177 e. The minimum atomic E-state index is 0.346. The van der Waals surface area contributed by atoms with E-state index in [-0.39, 0.29) is 0 Å². The molecular weight excluding hydrogens is 410 g/mol. The highest BCUT2D eigenvalue weighted by Gasteiger charge is 2.18. The Morgan fingerprint density at radius 1 is 1.03 bits per heavy atom. The highest BCUT2D eigenvalue weighted by molar-refractivity contribution is 7.80. The van der Waals surface area contributed by atoms with E-state index in [1.54, 1.807) is 0 Å². The maximum absolute atomic E-state index is 6.12. The van der Waals surface area contributed by atoms with Crippen LogP contribution < -0.4 is 16.0 Å². The third-order valence-electron chi connectivity index (χ3n) is 5.18. The van der Waals surface area contributed by atoms with Gasteiger partial charge in [0, 0.05) is 24.1 Å². The number of nitrogens with zero attached hydrogens (tertiary/aromatic N) is 1. The summed E-state index contributed by atoms with van der Waals surface area (Å²) in [4.78, 5) is 1.97. The second-order valence-electron chi connectivity index (χ2n) is 7.96. The van der Waals surface area contributed by atoms with Crippen LogP contribution in [0.5, 0.6) is 0 Å². The lowest BCUT2D eigenvalue weighted by molar-refractivity contribution is 0.772. The van der Waals surface area contributed by atoms with Crippen molar-refractivity contribution in [1.29, 1.82) is 0 Å². The first-order valence-electron chi connectivity index (χ1n) is 11.9. The number of benzene rings is 2. The second kappa shape index (κ2) is 15.5. The average Bonchev–Trinajstić information content (AvgIpc) is 2.78. The molecule has 0 amide bonds. The van der Waals surface area contributed by atoms with Crippen molar-refractivity contribution in [3.05, 3.63) is 65.2 Å². The van der Waals surface area contributed by atoms with Gasteiger partial charge in [0.1, 0.15) is 0 Å². The standard InChI is InChI=1S/C21H27N3S.C5H12.C2H6/c1-13(2)19-12-17(8-10-20(19)22)16(5)24(21(25)23-6)18-9-7-14(3)15(4)11-18;1-3-5-4-2;1-2/h7-13H,5,22H2,1-4,6H3,(H,23,25);3-5H2,1-2H3;1-2H3. The molecule has 0 aliphatic heterocycles. The summed E-state index contributed by atoms with van der Waals surface area (Å²) >= 11 is 5.55. The van der Waals surface area contributed by atoms with Gasteiger partial charge in [0.25, 0.3) is 0 Å². The Labute approximate surface area is 203 Å². The van der Waals surface area contributed by atoms with Gasteiger partial charge in [-0.25, -0.2) is 0 Å². The molecule has 4 heteroatoms. The van der Waals surface area contributed by atoms with Gasteiger partial charge in [-0.15, -0.1) is 0 Å². The van der Waals surface area contributed by atoms with E-state index in [0.717, 1.165) is 28.2 Å². The van der Waals surface area contributed by atoms with Crippen molar-refractivity contribution in [2.45, 2.75) is 80.6 Å². The van der Waals surface area contributed by atoms with Crippen LogP contribution in [0.4, 0.5) is 11.4 Å². The average molecular weight is 456 g/mol. The molecular formula is C28H45N3S. The van der Waals surface area contributed by atoms with Crippen molar-refractivity contribution in [1.82, 2.24) is 5.32 Å². The maximum atomic E-state index is 6.12. The highest BCUT2D eigenvalue weighted by Crippen LogP contribution is 2.30. The first kappa shape index (κ1) is 29.7. The van der Waals surface area contributed by atoms with Gasteiger partial charge < -0.3 is 11.1 Å². The summed E-state index contributed by atoms with van der Waals surface area (Å²) in [5, 5.41) is 3.68. The lowest BCUT2D eigenvalue weighted by Crippen LogP contribution is -2.36. The molecule has 2 aromatic carbocycles. The van der Waals surface area contributed by atoms with E-state index >= 15 is 0 Å². The van der Waals surface area contributed by atoms with Gasteiger partial charge in [-0.1, -0.05) is 79.5 Å². The number of nitrogens with two attached hydrogens (primary N) is 1. The van der Waals surface area contributed by atoms with E-state index in [1.807, 2.05) is 37.9 Å². The third-order valence-corrected chi connectivity index (χ3v) is 5.57. The zero-order valence-corrected chi connectivity index (χ0v) is 22.6. The van der Waals surface area contributed by atoms with E-state index in [1.165, 1.54) is 30.4 Å². The molecule has 0 aliphatic carbocycles. The minimum absolute atomic E-state index is 0.346. The summed E-state index contributed by atoms with van der Waals surface area (Å²) < 4.78 is 0. The fourth-order valence-corrected chi connectivity index (χ4v) is 3.32. The molecule has 0 radical (unpaired) electrons. The topological polar surface area (TPSA) is 41.3 Å². The molecule has 0 fully saturated rings. The quantitative estimate of drug-likeness (QED) is 0.340. The van der Waals surface area contributed by atoms with Crippen LogP contribution in [0.2, 0.25) is 0 Å². The predicted molar refractivity (Wildman–Crippen MR) is 151 cm³/mol. The van der Waals surface area contributed by atoms with Crippen molar-refractivity contribution in [2.24, 2.45) is 0 Å². The predicted octanol–water partition coefficient (Wildman–Crippen LogP) is 8.21. The largest absolute Gasteiger partial charge is 0.398 e. The Hall–Kier alpha value is -2.33. The number of hydrogen-bond donors (Lipinski definition) is 2. The molecule has 32 heavy (non-hydrogen) atoms. The first-order chi connectivity index (χ1) is 15.2. The number of thiocarbonyl (C=S) groups is 1. The summed E-state index contributed by atoms with van der Waals surface area (Å²) in [6, 6.07) is 12.3. The van der Waals surface area contributed by atoms with Crippen LogP contribution in [-0.2, 0) is 0 Å². The summed E-state index contributed by atoms with van der Waals surface area (Å²) in [6.07, 6.45) is 4.08. The van der Waals surface area contributed by atoms with Gasteiger partial charge >= 0.3 is 0 Å². The fraction of sp³-hybridized carbons (Fsp3) is 0.464. The molecule has 0 aliphatic rings. The molecule has 0 heterocycles. The minimum Gasteiger partial charge on any atom is -0.398 e. The Kier molecular flexibility index (Phi) is 14.3. The number of nitrogen functional groups attached to an aromatic ring is 1. The van der Waals surface area contributed by atoms with Crippen LogP contribution in [0.15, 0.2) is 43.0 Å². The Bertz CT molecular complexity index is 854. The van der Waals surface area contributed by atoms with E-state index in [0.29, 0.717) is 11.0 Å². The second-order valence-corrected chi connectivity index (χ2v) is 8.34. The molecule has 0 bridgehead atoms. The molecule has 0 saturated heterocycles. The van der Waals surface area contributed by atoms with Gasteiger partial charge in [0.05, 0.1) is 0 Å². The summed E-state index contributed by atoms with van der Waals surface area (Å²) in [6.45, 7) is 21.2. The van der Waals surface area contributed by atoms with Gasteiger partial charge in [0.2, 0.25) is 0 Å². The van der Waals surface area contributed by atoms with Crippen LogP contribution in [0.25, 0.3) is 5.70 Å². The monoisotopic (exact) mass is 455 g/mol. The summed E-state index contributed by atoms with van der Waals surface area (Å²) in [5.41, 5.74) is 13.3. The zero-order chi connectivity index (χ0) is 24.8. The molecule has 0 aromatic heterocycles. The summed E-state index contributed by atoms with van der Waals surface area (Å²) in [7, 11) is 1.83. The lowest BCUT2D eigenvalue weighted by Gasteiger charge is -2.28. The number of hydrogen-bond acceptors (Lipinski definition) is 2. The third kappa shape index (κ3) is 8.66. The van der Waals surface area contributed by atoms with E-state index in [9.17, 15) is 0 Å². The van der Waals surface area contributed by atoms with Gasteiger partial charge in [-0.3, -0.25) is 4.90 Å². The smallest absolute Gasteiger partial charge is 0.177 e. The molecule has 3 nitrogen and oxygen atoms in total. The van der Waals surface area contributed by atoms with Crippen molar-refractivity contribution in [3.63, 3.8) is 0 Å². The van der Waals surface area contributed by atoms with Crippen LogP contribution in [-0.4, -0.2) is 12.2 Å². The van der Waals surface area contributed by atoms with Crippen molar-refractivity contribution in [3.8, 4) is 0 Å². The normalized spacial score (nSPS) is 9.81. The number of anilines is 2. The Balaban J connectivity index is 0.00000121. The molecule has 0 spiro atoms. The fourth-order valence-electron chi connectivity index (χ4n) is 3.11. The van der Waals surface area contributed by atoms with Crippen LogP contribution >= 0.6 is 12.2 Å². The molecule has 2 rings (SSSR count). The van der Waals surface area contributed by atoms with Crippen molar-refractivity contribution >= 4 is 34.4 Å². The Morgan fingerprint density at radius 3 is 2.06 bits per heavy atom. The highest BCUT2D eigenvalue weighted by atomic mass is 32.1. The SMILES string of the molecule is C=C(c1ccc(N)c(C(C)C)c1)N(C(=S)NC)c1ccc(C)c(C)c1.CC.CCCCC. The Morgan fingerprint density at radius 2 is 1.62 bits per heavy atom. The van der Waals surface area contributed by atoms with Crippen molar-refractivity contribution < 1.29 is 0 Å². The van der Waals surface area contributed by atoms with Crippen LogP contribution in [0, 0.1) is 13.8 Å². The number of rotatable bonds is 6. The number of aryl methyl sites for hydroxylation is 2. The molecule has 2 aromatic rings. The van der Waals surface area contributed by atoms with E-state index in [2.05, 4.69) is 77.7 Å². The van der Waals surface area contributed by atoms with Gasteiger partial charge in [0.15, 0.2) is 5.11 Å². The number of unbranched alkanes of at least 4 members (excludes halogenated alkanes) is 2. The zero-order valence-electron chi connectivity index (χ0n) is 21.8. The van der Waals surface area contributed by atoms with E-state index in [4.69, 9.17) is 18.0 Å². The number of nitrogens with one attached hydrogen (secondary N) is 1. The van der Waals surface area contributed by atoms with Crippen LogP contribution in [0.1, 0.15) is 89.0 Å². The van der Waals surface area contributed by atoms with E-state index < -0.39 is 0 Å². The van der Waals surface area contributed by atoms with Gasteiger partial charge in [-0.05, 0) is 78.5 Å². The van der Waals surface area contributed by atoms with Crippen molar-refractivity contribution in [2.75, 3.05) is 17.7 Å². The summed E-state index contributed by atoms with van der Waals surface area (Å²) in [5.74, 6) is 0.346. The lowest BCUT2D eigenvalue weighted by atomic mass is 9.97. The molecule has 178 valence electrons. The van der Waals surface area contributed by atoms with Gasteiger partial charge in [-0.2, -0.15) is 0 Å². The first-order valence-corrected chi connectivity index (χ1v) is 12.3. The molecule has 0 atom stereocenters. The molecule has 3 N–H and O–H groups in total.